The van der Waals surface area contributed by atoms with E-state index in [9.17, 15) is 0 Å². The number of aromatic nitrogens is 1. The highest BCUT2D eigenvalue weighted by atomic mass is 32.1. The molecule has 0 amide bonds. The van der Waals surface area contributed by atoms with Gasteiger partial charge in [0.15, 0.2) is 9.91 Å². The van der Waals surface area contributed by atoms with Crippen LogP contribution in [0.3, 0.4) is 0 Å². The molecule has 1 aromatic heterocycles. The summed E-state index contributed by atoms with van der Waals surface area (Å²) in [7, 11) is 0. The average molecular weight is 377 g/mol. The second kappa shape index (κ2) is 9.82. The van der Waals surface area contributed by atoms with Crippen LogP contribution in [0.15, 0.2) is 46.9 Å². The standard InChI is InChI=1S/C18H24N4OS2/c24-17(19-7-4-8-21-9-12-23-13-10-21)20-18-22(11-14-25-18)15-16-5-2-1-3-6-16/h1-3,5-6,11,14H,4,7-10,12-13,15H2,(H,19,24)/b20-18+. The Morgan fingerprint density at radius 2 is 2.04 bits per heavy atom. The molecule has 0 saturated carbocycles. The van der Waals surface area contributed by atoms with E-state index in [0.29, 0.717) is 5.11 Å². The van der Waals surface area contributed by atoms with E-state index in [1.54, 1.807) is 11.3 Å². The van der Waals surface area contributed by atoms with E-state index in [0.717, 1.165) is 57.2 Å². The van der Waals surface area contributed by atoms with Gasteiger partial charge >= 0.3 is 0 Å². The van der Waals surface area contributed by atoms with Crippen LogP contribution in [-0.2, 0) is 11.3 Å². The third kappa shape index (κ3) is 6.04. The molecule has 3 rings (SSSR count). The molecule has 25 heavy (non-hydrogen) atoms. The highest BCUT2D eigenvalue weighted by Gasteiger charge is 2.09. The van der Waals surface area contributed by atoms with Crippen molar-refractivity contribution in [1.82, 2.24) is 14.8 Å². The lowest BCUT2D eigenvalue weighted by atomic mass is 10.2. The Hall–Kier alpha value is -1.54. The van der Waals surface area contributed by atoms with Crippen LogP contribution >= 0.6 is 23.6 Å². The highest BCUT2D eigenvalue weighted by Crippen LogP contribution is 2.02. The van der Waals surface area contributed by atoms with Gasteiger partial charge < -0.3 is 14.6 Å². The van der Waals surface area contributed by atoms with Gasteiger partial charge in [0.05, 0.1) is 13.2 Å². The lowest BCUT2D eigenvalue weighted by Gasteiger charge is -2.26. The van der Waals surface area contributed by atoms with Crippen LogP contribution in [0.25, 0.3) is 0 Å². The Labute approximate surface area is 158 Å². The molecule has 0 aliphatic carbocycles. The average Bonchev–Trinajstić information content (AvgIpc) is 3.07. The van der Waals surface area contributed by atoms with Crippen LogP contribution in [0, 0.1) is 0 Å². The molecule has 1 aromatic carbocycles. The van der Waals surface area contributed by atoms with Crippen LogP contribution in [0.2, 0.25) is 0 Å². The summed E-state index contributed by atoms with van der Waals surface area (Å²) < 4.78 is 7.49. The number of hydrogen-bond acceptors (Lipinski definition) is 4. The molecule has 5 nitrogen and oxygen atoms in total. The summed E-state index contributed by atoms with van der Waals surface area (Å²) in [6.07, 6.45) is 3.11. The number of thiazole rings is 1. The van der Waals surface area contributed by atoms with Gasteiger partial charge in [-0.1, -0.05) is 30.3 Å². The lowest BCUT2D eigenvalue weighted by molar-refractivity contribution is 0.0376. The summed E-state index contributed by atoms with van der Waals surface area (Å²) in [5.74, 6) is 0. The fourth-order valence-electron chi connectivity index (χ4n) is 2.74. The van der Waals surface area contributed by atoms with Gasteiger partial charge in [-0.05, 0) is 30.7 Å². The van der Waals surface area contributed by atoms with Crippen molar-refractivity contribution >= 4 is 28.7 Å². The van der Waals surface area contributed by atoms with Crippen molar-refractivity contribution in [1.29, 1.82) is 0 Å². The summed E-state index contributed by atoms with van der Waals surface area (Å²) in [6.45, 7) is 6.49. The molecule has 134 valence electrons. The smallest absolute Gasteiger partial charge is 0.195 e. The predicted molar refractivity (Wildman–Crippen MR) is 106 cm³/mol. The molecule has 0 atom stereocenters. The molecule has 0 radical (unpaired) electrons. The van der Waals surface area contributed by atoms with E-state index >= 15 is 0 Å². The minimum atomic E-state index is 0.561. The fraction of sp³-hybridized carbons (Fsp3) is 0.444. The van der Waals surface area contributed by atoms with E-state index < -0.39 is 0 Å². The minimum Gasteiger partial charge on any atom is -0.379 e. The zero-order chi connectivity index (χ0) is 17.3. The summed E-state index contributed by atoms with van der Waals surface area (Å²) in [4.78, 5) is 7.92. The number of benzene rings is 1. The number of nitrogens with one attached hydrogen (secondary N) is 1. The van der Waals surface area contributed by atoms with Crippen molar-refractivity contribution < 1.29 is 4.74 Å². The zero-order valence-corrected chi connectivity index (χ0v) is 15.9. The Morgan fingerprint density at radius 3 is 2.84 bits per heavy atom. The molecule has 1 saturated heterocycles. The second-order valence-electron chi connectivity index (χ2n) is 5.95. The summed E-state index contributed by atoms with van der Waals surface area (Å²) in [6, 6.07) is 10.4. The zero-order valence-electron chi connectivity index (χ0n) is 14.3. The summed E-state index contributed by atoms with van der Waals surface area (Å²) in [5, 5.41) is 5.86. The van der Waals surface area contributed by atoms with Crippen molar-refractivity contribution in [3.05, 3.63) is 52.3 Å². The maximum absolute atomic E-state index is 5.38. The molecule has 2 heterocycles. The van der Waals surface area contributed by atoms with Crippen LogP contribution in [0.5, 0.6) is 0 Å². The van der Waals surface area contributed by atoms with Crippen molar-refractivity contribution in [2.24, 2.45) is 4.99 Å². The Balaban J connectivity index is 1.47. The summed E-state index contributed by atoms with van der Waals surface area (Å²) >= 11 is 6.98. The number of nitrogens with zero attached hydrogens (tertiary/aromatic N) is 3. The van der Waals surface area contributed by atoms with Crippen molar-refractivity contribution in [3.63, 3.8) is 0 Å². The van der Waals surface area contributed by atoms with Gasteiger partial charge in [-0.15, -0.1) is 11.3 Å². The molecule has 0 spiro atoms. The Bertz CT molecular complexity index is 720. The first-order chi connectivity index (χ1) is 12.3. The Kier molecular flexibility index (Phi) is 7.17. The molecule has 1 fully saturated rings. The second-order valence-corrected chi connectivity index (χ2v) is 7.21. The number of ether oxygens (including phenoxy) is 1. The molecule has 1 aliphatic heterocycles. The van der Waals surface area contributed by atoms with Gasteiger partial charge in [-0.25, -0.2) is 0 Å². The third-order valence-corrected chi connectivity index (χ3v) is 5.11. The minimum absolute atomic E-state index is 0.561. The molecule has 2 aromatic rings. The quantitative estimate of drug-likeness (QED) is 0.619. The number of hydrogen-bond donors (Lipinski definition) is 1. The van der Waals surface area contributed by atoms with E-state index in [1.165, 1.54) is 5.56 Å². The SMILES string of the molecule is S=C(/N=c1/sccn1Cc1ccccc1)NCCCN1CCOCC1. The van der Waals surface area contributed by atoms with Gasteiger partial charge in [-0.2, -0.15) is 4.99 Å². The number of morpholine rings is 1. The fourth-order valence-corrected chi connectivity index (χ4v) is 3.72. The molecule has 0 bridgehead atoms. The van der Waals surface area contributed by atoms with E-state index in [1.807, 2.05) is 11.4 Å². The van der Waals surface area contributed by atoms with E-state index in [4.69, 9.17) is 17.0 Å². The Morgan fingerprint density at radius 1 is 1.24 bits per heavy atom. The molecule has 7 heteroatoms. The van der Waals surface area contributed by atoms with Gasteiger partial charge in [0.1, 0.15) is 0 Å². The van der Waals surface area contributed by atoms with Gasteiger partial charge in [0.25, 0.3) is 0 Å². The summed E-state index contributed by atoms with van der Waals surface area (Å²) in [5.41, 5.74) is 1.26. The lowest BCUT2D eigenvalue weighted by Crippen LogP contribution is -2.38. The maximum Gasteiger partial charge on any atom is 0.195 e. The van der Waals surface area contributed by atoms with Gasteiger partial charge in [0, 0.05) is 37.8 Å². The van der Waals surface area contributed by atoms with Gasteiger partial charge in [0.2, 0.25) is 0 Å². The maximum atomic E-state index is 5.38. The topological polar surface area (TPSA) is 41.8 Å². The molecular formula is C18H24N4OS2. The molecule has 1 aliphatic rings. The molecule has 0 unspecified atom stereocenters. The van der Waals surface area contributed by atoms with Crippen LogP contribution < -0.4 is 10.1 Å². The normalized spacial score (nSPS) is 16.1. The largest absolute Gasteiger partial charge is 0.379 e. The van der Waals surface area contributed by atoms with Crippen molar-refractivity contribution in [2.75, 3.05) is 39.4 Å². The molecular weight excluding hydrogens is 352 g/mol. The first-order valence-corrected chi connectivity index (χ1v) is 9.90. The monoisotopic (exact) mass is 376 g/mol. The first-order valence-electron chi connectivity index (χ1n) is 8.62. The van der Waals surface area contributed by atoms with Crippen LogP contribution in [-0.4, -0.2) is 54.0 Å². The van der Waals surface area contributed by atoms with Crippen molar-refractivity contribution in [3.8, 4) is 0 Å². The third-order valence-electron chi connectivity index (χ3n) is 4.08. The van der Waals surface area contributed by atoms with Crippen LogP contribution in [0.1, 0.15) is 12.0 Å². The van der Waals surface area contributed by atoms with Gasteiger partial charge in [-0.3, -0.25) is 4.90 Å². The van der Waals surface area contributed by atoms with Crippen molar-refractivity contribution in [2.45, 2.75) is 13.0 Å². The first kappa shape index (κ1) is 18.3. The van der Waals surface area contributed by atoms with Crippen LogP contribution in [0.4, 0.5) is 0 Å². The number of thiocarbonyl (C=S) groups is 1. The number of rotatable bonds is 6. The predicted octanol–water partition coefficient (Wildman–Crippen LogP) is 2.10. The van der Waals surface area contributed by atoms with E-state index in [2.05, 4.69) is 50.2 Å². The van der Waals surface area contributed by atoms with E-state index in [-0.39, 0.29) is 0 Å². The highest BCUT2D eigenvalue weighted by molar-refractivity contribution is 7.80. The molecule has 1 N–H and O–H groups in total.